The Hall–Kier alpha value is -2.35. The Labute approximate surface area is 210 Å². The standard InChI is InChI=1S/C27H25BrF2O5/c1-14-11-25-13-26(14,30)10-7-18(25)27-19(29)8-9-24(2,23(33)35-27)21(27)20(25)22(32)34-12-17(31)15-3-5-16(28)6-4-15/h3-6,8-9,18-21H,1,7,10-13H2,2H3/t18?,19-,20-,21?,24-,25+,26+,27+/m1/s1. The lowest BCUT2D eigenvalue weighted by Crippen LogP contribution is -2.53. The minimum atomic E-state index is -1.64. The van der Waals surface area contributed by atoms with Crippen LogP contribution in [-0.2, 0) is 19.1 Å². The van der Waals surface area contributed by atoms with E-state index >= 15 is 8.78 Å². The number of allylic oxidation sites excluding steroid dienone is 1. The summed E-state index contributed by atoms with van der Waals surface area (Å²) in [5.74, 6) is -4.07. The van der Waals surface area contributed by atoms with Gasteiger partial charge in [0.1, 0.15) is 5.67 Å². The maximum atomic E-state index is 15.8. The molecular formula is C27H25BrF2O5. The van der Waals surface area contributed by atoms with Crippen molar-refractivity contribution in [1.82, 2.24) is 0 Å². The fraction of sp³-hybridized carbons (Fsp3) is 0.519. The SMILES string of the molecule is C=C1C[C@]23C[C@@]1(F)CCC2[C@]12OC(=O)[C@](C)(C=C[C@H]1F)C2[C@@H]3C(=O)OCC(=O)c1ccc(Br)cc1. The molecule has 1 aromatic rings. The van der Waals surface area contributed by atoms with E-state index in [2.05, 4.69) is 22.5 Å². The van der Waals surface area contributed by atoms with Gasteiger partial charge in [-0.3, -0.25) is 14.4 Å². The minimum Gasteiger partial charge on any atom is -0.457 e. The molecule has 1 spiro atoms. The number of carbonyl (C=O) groups is 3. The van der Waals surface area contributed by atoms with Gasteiger partial charge in [-0.2, -0.15) is 0 Å². The third kappa shape index (κ3) is 2.75. The zero-order valence-electron chi connectivity index (χ0n) is 19.2. The van der Waals surface area contributed by atoms with Crippen molar-refractivity contribution in [2.45, 2.75) is 50.0 Å². The second kappa shape index (κ2) is 7.11. The van der Waals surface area contributed by atoms with Crippen LogP contribution < -0.4 is 0 Å². The van der Waals surface area contributed by atoms with E-state index in [0.29, 0.717) is 11.1 Å². The molecule has 0 amide bonds. The van der Waals surface area contributed by atoms with Crippen molar-refractivity contribution in [3.05, 3.63) is 58.6 Å². The molecule has 5 aliphatic rings. The van der Waals surface area contributed by atoms with Gasteiger partial charge >= 0.3 is 11.9 Å². The van der Waals surface area contributed by atoms with E-state index < -0.39 is 64.6 Å². The molecule has 8 heteroatoms. The molecule has 0 radical (unpaired) electrons. The molecular weight excluding hydrogens is 522 g/mol. The third-order valence-electron chi connectivity index (χ3n) is 9.46. The monoisotopic (exact) mass is 546 g/mol. The largest absolute Gasteiger partial charge is 0.457 e. The lowest BCUT2D eigenvalue weighted by atomic mass is 9.62. The predicted molar refractivity (Wildman–Crippen MR) is 125 cm³/mol. The zero-order valence-corrected chi connectivity index (χ0v) is 20.8. The van der Waals surface area contributed by atoms with Crippen molar-refractivity contribution < 1.29 is 32.6 Å². The van der Waals surface area contributed by atoms with Gasteiger partial charge in [-0.1, -0.05) is 40.7 Å². The van der Waals surface area contributed by atoms with Crippen LogP contribution in [0.25, 0.3) is 0 Å². The van der Waals surface area contributed by atoms with Crippen molar-refractivity contribution in [2.24, 2.45) is 28.6 Å². The first-order chi connectivity index (χ1) is 16.5. The molecule has 6 rings (SSSR count). The van der Waals surface area contributed by atoms with Crippen molar-refractivity contribution in [3.63, 3.8) is 0 Å². The first-order valence-corrected chi connectivity index (χ1v) is 12.7. The van der Waals surface area contributed by atoms with E-state index in [1.54, 1.807) is 31.2 Å². The van der Waals surface area contributed by atoms with Gasteiger partial charge in [0, 0.05) is 21.9 Å². The molecule has 4 fully saturated rings. The molecule has 35 heavy (non-hydrogen) atoms. The number of Topliss-reactive ketones (excluding diaryl/α,β-unsaturated/α-hetero) is 1. The second-order valence-electron chi connectivity index (χ2n) is 11.0. The molecule has 1 heterocycles. The molecule has 2 unspecified atom stereocenters. The number of rotatable bonds is 4. The smallest absolute Gasteiger partial charge is 0.316 e. The molecule has 0 N–H and O–H groups in total. The third-order valence-corrected chi connectivity index (χ3v) is 9.98. The van der Waals surface area contributed by atoms with Crippen LogP contribution in [0.3, 0.4) is 0 Å². The van der Waals surface area contributed by atoms with Crippen molar-refractivity contribution >= 4 is 33.7 Å². The number of alkyl halides is 2. The average molecular weight is 547 g/mol. The van der Waals surface area contributed by atoms with Gasteiger partial charge in [0.05, 0.1) is 11.3 Å². The number of ether oxygens (including phenoxy) is 2. The average Bonchev–Trinajstić information content (AvgIpc) is 3.25. The number of fused-ring (bicyclic) bond motifs is 1. The summed E-state index contributed by atoms with van der Waals surface area (Å²) in [6, 6.07) is 6.66. The highest BCUT2D eigenvalue weighted by atomic mass is 79.9. The highest BCUT2D eigenvalue weighted by molar-refractivity contribution is 9.10. The normalized spacial score (nSPS) is 44.6. The molecule has 184 valence electrons. The number of halogens is 3. The van der Waals surface area contributed by atoms with Gasteiger partial charge in [0.15, 0.2) is 24.2 Å². The van der Waals surface area contributed by atoms with Crippen molar-refractivity contribution in [1.29, 1.82) is 0 Å². The molecule has 1 aliphatic heterocycles. The Bertz CT molecular complexity index is 1210. The Morgan fingerprint density at radius 3 is 2.71 bits per heavy atom. The van der Waals surface area contributed by atoms with Crippen LogP contribution in [-0.4, -0.2) is 41.8 Å². The van der Waals surface area contributed by atoms with Gasteiger partial charge in [-0.25, -0.2) is 8.78 Å². The predicted octanol–water partition coefficient (Wildman–Crippen LogP) is 5.09. The van der Waals surface area contributed by atoms with E-state index in [1.807, 2.05) is 0 Å². The van der Waals surface area contributed by atoms with Gasteiger partial charge in [-0.15, -0.1) is 0 Å². The van der Waals surface area contributed by atoms with E-state index in [-0.39, 0.29) is 31.5 Å². The zero-order chi connectivity index (χ0) is 25.0. The Morgan fingerprint density at radius 1 is 1.29 bits per heavy atom. The summed E-state index contributed by atoms with van der Waals surface area (Å²) in [5.41, 5.74) is -4.64. The lowest BCUT2D eigenvalue weighted by molar-refractivity contribution is -0.166. The van der Waals surface area contributed by atoms with Crippen LogP contribution in [0.2, 0.25) is 0 Å². The molecule has 4 bridgehead atoms. The number of hydrogen-bond donors (Lipinski definition) is 0. The van der Waals surface area contributed by atoms with E-state index in [4.69, 9.17) is 9.47 Å². The molecule has 8 atom stereocenters. The summed E-state index contributed by atoms with van der Waals surface area (Å²) in [7, 11) is 0. The Morgan fingerprint density at radius 2 is 2.00 bits per heavy atom. The van der Waals surface area contributed by atoms with E-state index in [9.17, 15) is 14.4 Å². The summed E-state index contributed by atoms with van der Waals surface area (Å²) in [6.07, 6.45) is 1.88. The molecule has 1 aromatic carbocycles. The van der Waals surface area contributed by atoms with Crippen LogP contribution in [0.15, 0.2) is 53.0 Å². The van der Waals surface area contributed by atoms with Gasteiger partial charge in [0.2, 0.25) is 0 Å². The van der Waals surface area contributed by atoms with Crippen LogP contribution in [0, 0.1) is 28.6 Å². The summed E-state index contributed by atoms with van der Waals surface area (Å²) in [6.45, 7) is 5.11. The van der Waals surface area contributed by atoms with Gasteiger partial charge in [0.25, 0.3) is 0 Å². The second-order valence-corrected chi connectivity index (χ2v) is 11.9. The van der Waals surface area contributed by atoms with Crippen LogP contribution >= 0.6 is 15.9 Å². The van der Waals surface area contributed by atoms with Crippen LogP contribution in [0.1, 0.15) is 43.0 Å². The Balaban J connectivity index is 1.39. The maximum Gasteiger partial charge on any atom is 0.316 e. The molecule has 3 saturated carbocycles. The fourth-order valence-corrected chi connectivity index (χ4v) is 8.31. The highest BCUT2D eigenvalue weighted by Gasteiger charge is 2.85. The minimum absolute atomic E-state index is 0.0164. The molecule has 1 saturated heterocycles. The Kier molecular flexibility index (Phi) is 4.69. The fourth-order valence-electron chi connectivity index (χ4n) is 8.05. The summed E-state index contributed by atoms with van der Waals surface area (Å²) < 4.78 is 43.8. The first kappa shape index (κ1) is 23.1. The van der Waals surface area contributed by atoms with Crippen LogP contribution in [0.5, 0.6) is 0 Å². The molecule has 4 aliphatic carbocycles. The maximum absolute atomic E-state index is 15.8. The molecule has 5 nitrogen and oxygen atoms in total. The highest BCUT2D eigenvalue weighted by Crippen LogP contribution is 2.78. The van der Waals surface area contributed by atoms with E-state index in [0.717, 1.165) is 4.47 Å². The van der Waals surface area contributed by atoms with Crippen molar-refractivity contribution in [2.75, 3.05) is 6.61 Å². The van der Waals surface area contributed by atoms with Gasteiger partial charge < -0.3 is 9.47 Å². The number of esters is 2. The summed E-state index contributed by atoms with van der Waals surface area (Å²) >= 11 is 3.31. The van der Waals surface area contributed by atoms with Crippen molar-refractivity contribution in [3.8, 4) is 0 Å². The quantitative estimate of drug-likeness (QED) is 0.299. The van der Waals surface area contributed by atoms with Gasteiger partial charge in [-0.05, 0) is 61.8 Å². The number of carbonyl (C=O) groups excluding carboxylic acids is 3. The molecule has 0 aromatic heterocycles. The number of hydrogen-bond acceptors (Lipinski definition) is 5. The van der Waals surface area contributed by atoms with Crippen LogP contribution in [0.4, 0.5) is 8.78 Å². The summed E-state index contributed by atoms with van der Waals surface area (Å²) in [4.78, 5) is 39.5. The number of ketones is 1. The first-order valence-electron chi connectivity index (χ1n) is 11.9. The topological polar surface area (TPSA) is 69.7 Å². The summed E-state index contributed by atoms with van der Waals surface area (Å²) in [5, 5.41) is 0. The number of benzene rings is 1. The van der Waals surface area contributed by atoms with E-state index in [1.165, 1.54) is 12.2 Å². The lowest BCUT2D eigenvalue weighted by Gasteiger charge is -2.45.